The highest BCUT2D eigenvalue weighted by atomic mass is 32.1. The van der Waals surface area contributed by atoms with Crippen LogP contribution in [-0.4, -0.2) is 13.1 Å². The van der Waals surface area contributed by atoms with Crippen molar-refractivity contribution in [2.75, 3.05) is 0 Å². The smallest absolute Gasteiger partial charge is 0.129 e. The van der Waals surface area contributed by atoms with E-state index in [9.17, 15) is 0 Å². The van der Waals surface area contributed by atoms with Crippen LogP contribution in [0.5, 0.6) is 0 Å². The van der Waals surface area contributed by atoms with Crippen LogP contribution in [-0.2, 0) is 0 Å². The van der Waals surface area contributed by atoms with E-state index in [-0.39, 0.29) is 0 Å². The van der Waals surface area contributed by atoms with Gasteiger partial charge in [-0.1, -0.05) is 25.6 Å². The third-order valence-electron chi connectivity index (χ3n) is 1.91. The first-order valence-corrected chi connectivity index (χ1v) is 9.29. The number of fused-ring (bicyclic) bond motifs is 1. The maximum absolute atomic E-state index is 4.25. The highest BCUT2D eigenvalue weighted by Crippen LogP contribution is 2.18. The van der Waals surface area contributed by atoms with Crippen LogP contribution in [0.3, 0.4) is 0 Å². The molecular weight excluding hydrogens is 218 g/mol. The van der Waals surface area contributed by atoms with E-state index in [2.05, 4.69) is 48.2 Å². The summed E-state index contributed by atoms with van der Waals surface area (Å²) in [5, 5.41) is 0. The van der Waals surface area contributed by atoms with E-state index < -0.39 is 8.07 Å². The Morgan fingerprint density at radius 3 is 2.80 bits per heavy atom. The zero-order chi connectivity index (χ0) is 10.9. The largest absolute Gasteiger partial charge is 0.245 e. The summed E-state index contributed by atoms with van der Waals surface area (Å²) in [7, 11) is -1.26. The lowest BCUT2D eigenvalue weighted by molar-refractivity contribution is 1.50. The van der Waals surface area contributed by atoms with E-state index in [4.69, 9.17) is 0 Å². The van der Waals surface area contributed by atoms with E-state index in [1.165, 1.54) is 4.70 Å². The van der Waals surface area contributed by atoms with Crippen LogP contribution in [0.25, 0.3) is 10.2 Å². The number of rotatable bonds is 0. The molecule has 1 aromatic heterocycles. The molecule has 0 saturated carbocycles. The van der Waals surface area contributed by atoms with Gasteiger partial charge in [-0.25, -0.2) is 4.98 Å². The molecule has 1 heterocycles. The van der Waals surface area contributed by atoms with Crippen LogP contribution in [0, 0.1) is 11.5 Å². The number of hydrogen-bond acceptors (Lipinski definition) is 2. The maximum atomic E-state index is 4.25. The van der Waals surface area contributed by atoms with Gasteiger partial charge in [0.1, 0.15) is 8.07 Å². The Labute approximate surface area is 95.2 Å². The minimum atomic E-state index is -1.26. The van der Waals surface area contributed by atoms with Crippen molar-refractivity contribution in [3.05, 3.63) is 29.3 Å². The lowest BCUT2D eigenvalue weighted by Gasteiger charge is -2.03. The Morgan fingerprint density at radius 1 is 1.27 bits per heavy atom. The van der Waals surface area contributed by atoms with Gasteiger partial charge in [0.15, 0.2) is 0 Å². The summed E-state index contributed by atoms with van der Waals surface area (Å²) in [6, 6.07) is 6.22. The van der Waals surface area contributed by atoms with Gasteiger partial charge in [-0.15, -0.1) is 16.9 Å². The van der Waals surface area contributed by atoms with Gasteiger partial charge in [-0.05, 0) is 18.2 Å². The van der Waals surface area contributed by atoms with Gasteiger partial charge in [0.05, 0.1) is 15.7 Å². The third-order valence-corrected chi connectivity index (χ3v) is 3.58. The average molecular weight is 231 g/mol. The lowest BCUT2D eigenvalue weighted by atomic mass is 10.2. The third kappa shape index (κ3) is 2.68. The highest BCUT2D eigenvalue weighted by Gasteiger charge is 2.07. The molecule has 2 aromatic rings. The van der Waals surface area contributed by atoms with E-state index >= 15 is 0 Å². The molecule has 0 aliphatic heterocycles. The van der Waals surface area contributed by atoms with Crippen LogP contribution < -0.4 is 0 Å². The number of nitrogens with zero attached hydrogens (tertiary/aromatic N) is 1. The molecular formula is C12H13NSSi. The summed E-state index contributed by atoms with van der Waals surface area (Å²) >= 11 is 1.67. The molecule has 0 unspecified atom stereocenters. The number of aromatic nitrogens is 1. The minimum absolute atomic E-state index is 1.07. The molecule has 0 bridgehead atoms. The van der Waals surface area contributed by atoms with E-state index in [1.807, 2.05) is 11.6 Å². The van der Waals surface area contributed by atoms with Gasteiger partial charge in [0.2, 0.25) is 0 Å². The first-order valence-electron chi connectivity index (χ1n) is 4.91. The minimum Gasteiger partial charge on any atom is -0.245 e. The molecule has 1 aromatic carbocycles. The molecule has 76 valence electrons. The Bertz CT molecular complexity index is 540. The molecule has 0 saturated heterocycles. The fourth-order valence-electron chi connectivity index (χ4n) is 1.19. The lowest BCUT2D eigenvalue weighted by Crippen LogP contribution is -2.16. The van der Waals surface area contributed by atoms with E-state index in [0.717, 1.165) is 11.1 Å². The van der Waals surface area contributed by atoms with Crippen molar-refractivity contribution >= 4 is 29.6 Å². The SMILES string of the molecule is C[Si](C)(C)C#Cc1ccc2ncsc2c1. The standard InChI is InChI=1S/C12H13NSSi/c1-15(2,3)7-6-10-4-5-11-12(8-10)14-9-13-11/h4-5,8-9H,1-3H3. The van der Waals surface area contributed by atoms with Gasteiger partial charge in [0.25, 0.3) is 0 Å². The summed E-state index contributed by atoms with van der Waals surface area (Å²) in [5.41, 5.74) is 7.42. The quantitative estimate of drug-likeness (QED) is 0.499. The summed E-state index contributed by atoms with van der Waals surface area (Å²) in [5.74, 6) is 3.26. The van der Waals surface area contributed by atoms with Crippen molar-refractivity contribution in [1.29, 1.82) is 0 Å². The summed E-state index contributed by atoms with van der Waals surface area (Å²) in [4.78, 5) is 4.25. The van der Waals surface area contributed by atoms with Crippen molar-refractivity contribution in [2.45, 2.75) is 19.6 Å². The molecule has 0 amide bonds. The van der Waals surface area contributed by atoms with Crippen LogP contribution in [0.2, 0.25) is 19.6 Å². The summed E-state index contributed by atoms with van der Waals surface area (Å²) < 4.78 is 1.22. The molecule has 15 heavy (non-hydrogen) atoms. The molecule has 0 aliphatic carbocycles. The molecule has 3 heteroatoms. The second kappa shape index (κ2) is 3.80. The van der Waals surface area contributed by atoms with Crippen LogP contribution in [0.4, 0.5) is 0 Å². The number of thiazole rings is 1. The predicted octanol–water partition coefficient (Wildman–Crippen LogP) is 3.53. The Balaban J connectivity index is 2.39. The molecule has 0 fully saturated rings. The summed E-state index contributed by atoms with van der Waals surface area (Å²) in [6.07, 6.45) is 0. The van der Waals surface area contributed by atoms with Gasteiger partial charge in [0, 0.05) is 5.56 Å². The molecule has 0 aliphatic rings. The molecule has 2 rings (SSSR count). The molecule has 0 N–H and O–H groups in total. The Kier molecular flexibility index (Phi) is 2.64. The zero-order valence-electron chi connectivity index (χ0n) is 9.16. The van der Waals surface area contributed by atoms with Crippen molar-refractivity contribution < 1.29 is 0 Å². The van der Waals surface area contributed by atoms with Gasteiger partial charge >= 0.3 is 0 Å². The van der Waals surface area contributed by atoms with Crippen molar-refractivity contribution in [2.24, 2.45) is 0 Å². The molecule has 1 nitrogen and oxygen atoms in total. The fourth-order valence-corrected chi connectivity index (χ4v) is 2.43. The first kappa shape index (κ1) is 10.4. The Hall–Kier alpha value is -1.11. The molecule has 0 spiro atoms. The predicted molar refractivity (Wildman–Crippen MR) is 69.8 cm³/mol. The average Bonchev–Trinajstić information content (AvgIpc) is 2.60. The van der Waals surface area contributed by atoms with Gasteiger partial charge < -0.3 is 0 Å². The van der Waals surface area contributed by atoms with Gasteiger partial charge in [-0.2, -0.15) is 0 Å². The number of benzene rings is 1. The molecule has 0 radical (unpaired) electrons. The molecule has 0 atom stereocenters. The highest BCUT2D eigenvalue weighted by molar-refractivity contribution is 7.16. The Morgan fingerprint density at radius 2 is 2.07 bits per heavy atom. The summed E-state index contributed by atoms with van der Waals surface area (Å²) in [6.45, 7) is 6.77. The van der Waals surface area contributed by atoms with Crippen molar-refractivity contribution in [3.8, 4) is 11.5 Å². The van der Waals surface area contributed by atoms with Gasteiger partial charge in [-0.3, -0.25) is 0 Å². The van der Waals surface area contributed by atoms with Crippen molar-refractivity contribution in [3.63, 3.8) is 0 Å². The first-order chi connectivity index (χ1) is 7.04. The zero-order valence-corrected chi connectivity index (χ0v) is 11.0. The van der Waals surface area contributed by atoms with Crippen LogP contribution in [0.15, 0.2) is 23.7 Å². The van der Waals surface area contributed by atoms with Crippen molar-refractivity contribution in [1.82, 2.24) is 4.98 Å². The number of hydrogen-bond donors (Lipinski definition) is 0. The second-order valence-electron chi connectivity index (χ2n) is 4.53. The second-order valence-corrected chi connectivity index (χ2v) is 10.2. The van der Waals surface area contributed by atoms with E-state index in [0.29, 0.717) is 0 Å². The van der Waals surface area contributed by atoms with Crippen LogP contribution in [0.1, 0.15) is 5.56 Å². The van der Waals surface area contributed by atoms with Crippen LogP contribution >= 0.6 is 11.3 Å². The maximum Gasteiger partial charge on any atom is 0.129 e. The topological polar surface area (TPSA) is 12.9 Å². The fraction of sp³-hybridized carbons (Fsp3) is 0.250. The monoisotopic (exact) mass is 231 g/mol. The normalized spacial score (nSPS) is 11.1. The van der Waals surface area contributed by atoms with E-state index in [1.54, 1.807) is 11.3 Å².